The number of nitrogens with zero attached hydrogens (tertiary/aromatic N) is 3. The lowest BCUT2D eigenvalue weighted by atomic mass is 10.2. The Hall–Kier alpha value is -2.28. The fourth-order valence-electron chi connectivity index (χ4n) is 2.31. The number of thiazole rings is 1. The van der Waals surface area contributed by atoms with Crippen LogP contribution in [-0.4, -0.2) is 31.2 Å². The minimum absolute atomic E-state index is 0.245. The van der Waals surface area contributed by atoms with E-state index in [0.717, 1.165) is 11.3 Å². The molecule has 0 bridgehead atoms. The highest BCUT2D eigenvalue weighted by Crippen LogP contribution is 2.21. The zero-order valence-electron chi connectivity index (χ0n) is 14.1. The Bertz CT molecular complexity index is 946. The number of aromatic nitrogens is 1. The predicted molar refractivity (Wildman–Crippen MR) is 104 cm³/mol. The normalized spacial score (nSPS) is 12.2. The summed E-state index contributed by atoms with van der Waals surface area (Å²) in [6.07, 6.45) is 1.42. The van der Waals surface area contributed by atoms with Crippen LogP contribution in [0.4, 0.5) is 4.39 Å². The van der Waals surface area contributed by atoms with Gasteiger partial charge >= 0.3 is 0 Å². The summed E-state index contributed by atoms with van der Waals surface area (Å²) in [6.45, 7) is 1.03. The summed E-state index contributed by atoms with van der Waals surface area (Å²) >= 11 is 7.56. The predicted octanol–water partition coefficient (Wildman–Crippen LogP) is 4.44. The van der Waals surface area contributed by atoms with E-state index in [4.69, 9.17) is 16.3 Å². The Morgan fingerprint density at radius 3 is 2.73 bits per heavy atom. The highest BCUT2D eigenvalue weighted by Gasteiger charge is 2.08. The summed E-state index contributed by atoms with van der Waals surface area (Å²) in [5.74, 6) is -0.420. The average Bonchev–Trinajstić information content (AvgIpc) is 3.05. The number of hydrogen-bond donors (Lipinski definition) is 0. The number of halogens is 2. The molecule has 0 N–H and O–H groups in total. The Balaban J connectivity index is 2.07. The molecule has 0 spiro atoms. The fraction of sp³-hybridized carbons (Fsp3) is 0.158. The molecule has 0 fully saturated rings. The second-order valence-corrected chi connectivity index (χ2v) is 6.58. The van der Waals surface area contributed by atoms with Gasteiger partial charge in [-0.3, -0.25) is 4.99 Å². The largest absolute Gasteiger partial charge is 0.383 e. The highest BCUT2D eigenvalue weighted by molar-refractivity contribution is 7.07. The third-order valence-electron chi connectivity index (χ3n) is 3.60. The molecule has 0 aliphatic carbocycles. The van der Waals surface area contributed by atoms with Crippen molar-refractivity contribution in [3.8, 4) is 11.3 Å². The van der Waals surface area contributed by atoms with E-state index in [1.165, 1.54) is 23.6 Å². The molecular weight excluding hydrogens is 373 g/mol. The van der Waals surface area contributed by atoms with Gasteiger partial charge in [-0.05, 0) is 12.1 Å². The Labute approximate surface area is 159 Å². The Morgan fingerprint density at radius 2 is 2.00 bits per heavy atom. The van der Waals surface area contributed by atoms with Crippen molar-refractivity contribution in [2.75, 3.05) is 20.3 Å². The average molecular weight is 390 g/mol. The van der Waals surface area contributed by atoms with Crippen LogP contribution in [-0.2, 0) is 4.74 Å². The van der Waals surface area contributed by atoms with E-state index in [0.29, 0.717) is 23.0 Å². The number of ether oxygens (including phenoxy) is 1. The van der Waals surface area contributed by atoms with E-state index in [2.05, 4.69) is 10.1 Å². The van der Waals surface area contributed by atoms with Crippen LogP contribution in [0.1, 0.15) is 5.56 Å². The molecule has 3 rings (SSSR count). The maximum atomic E-state index is 14.0. The van der Waals surface area contributed by atoms with Gasteiger partial charge in [0.25, 0.3) is 0 Å². The third-order valence-corrected chi connectivity index (χ3v) is 4.78. The van der Waals surface area contributed by atoms with Crippen LogP contribution in [0.5, 0.6) is 0 Å². The second kappa shape index (κ2) is 8.89. The van der Waals surface area contributed by atoms with Gasteiger partial charge in [-0.25, -0.2) is 9.07 Å². The molecule has 0 radical (unpaired) electrons. The van der Waals surface area contributed by atoms with Crippen LogP contribution < -0.4 is 4.80 Å². The van der Waals surface area contributed by atoms with Crippen molar-refractivity contribution in [1.29, 1.82) is 0 Å². The summed E-state index contributed by atoms with van der Waals surface area (Å²) in [5.41, 5.74) is 2.11. The van der Waals surface area contributed by atoms with Crippen LogP contribution in [0.2, 0.25) is 5.02 Å². The zero-order valence-corrected chi connectivity index (χ0v) is 15.7. The fourth-order valence-corrected chi connectivity index (χ4v) is 3.38. The van der Waals surface area contributed by atoms with Crippen molar-refractivity contribution in [3.05, 3.63) is 75.1 Å². The van der Waals surface area contributed by atoms with Crippen LogP contribution in [0.3, 0.4) is 0 Å². The summed E-state index contributed by atoms with van der Waals surface area (Å²) in [6, 6.07) is 14.4. The SMILES string of the molecule is COCCN=c1scc(-c2ccccc2)n1N=Cc1c(F)cccc1Cl. The minimum atomic E-state index is -0.420. The minimum Gasteiger partial charge on any atom is -0.383 e. The summed E-state index contributed by atoms with van der Waals surface area (Å²) in [7, 11) is 1.63. The van der Waals surface area contributed by atoms with Crippen LogP contribution in [0.15, 0.2) is 64.0 Å². The Morgan fingerprint density at radius 1 is 1.19 bits per heavy atom. The van der Waals surface area contributed by atoms with Gasteiger partial charge in [-0.1, -0.05) is 48.0 Å². The first kappa shape index (κ1) is 18.5. The van der Waals surface area contributed by atoms with Crippen molar-refractivity contribution in [1.82, 2.24) is 4.68 Å². The van der Waals surface area contributed by atoms with Gasteiger partial charge in [0.15, 0.2) is 0 Å². The maximum absolute atomic E-state index is 14.0. The number of rotatable bonds is 6. The monoisotopic (exact) mass is 389 g/mol. The van der Waals surface area contributed by atoms with Gasteiger partial charge in [-0.2, -0.15) is 5.10 Å². The van der Waals surface area contributed by atoms with Crippen molar-refractivity contribution >= 4 is 29.2 Å². The van der Waals surface area contributed by atoms with Gasteiger partial charge in [0.2, 0.25) is 4.80 Å². The molecule has 4 nitrogen and oxygen atoms in total. The van der Waals surface area contributed by atoms with Gasteiger partial charge in [0.05, 0.1) is 30.1 Å². The van der Waals surface area contributed by atoms with Crippen LogP contribution >= 0.6 is 22.9 Å². The molecule has 1 aromatic heterocycles. The van der Waals surface area contributed by atoms with E-state index in [1.807, 2.05) is 35.7 Å². The summed E-state index contributed by atoms with van der Waals surface area (Å²) in [4.78, 5) is 5.21. The third kappa shape index (κ3) is 4.27. The molecule has 1 heterocycles. The number of methoxy groups -OCH3 is 1. The molecule has 2 aromatic carbocycles. The lowest BCUT2D eigenvalue weighted by Gasteiger charge is -2.04. The lowest BCUT2D eigenvalue weighted by Crippen LogP contribution is -2.14. The first-order chi connectivity index (χ1) is 12.7. The van der Waals surface area contributed by atoms with E-state index in [1.54, 1.807) is 23.9 Å². The van der Waals surface area contributed by atoms with Gasteiger partial charge in [0.1, 0.15) is 5.82 Å². The molecule has 7 heteroatoms. The van der Waals surface area contributed by atoms with E-state index in [-0.39, 0.29) is 5.56 Å². The molecule has 0 aliphatic rings. The topological polar surface area (TPSA) is 38.9 Å². The van der Waals surface area contributed by atoms with E-state index >= 15 is 0 Å². The number of benzene rings is 2. The first-order valence-electron chi connectivity index (χ1n) is 7.94. The van der Waals surface area contributed by atoms with Crippen molar-refractivity contribution in [3.63, 3.8) is 0 Å². The standard InChI is InChI=1S/C19H17ClFN3OS/c1-25-11-10-22-19-24(18(13-26-19)14-6-3-2-4-7-14)23-12-15-16(20)8-5-9-17(15)21/h2-9,12-13H,10-11H2,1H3. The molecule has 3 aromatic rings. The highest BCUT2D eigenvalue weighted by atomic mass is 35.5. The summed E-state index contributed by atoms with van der Waals surface area (Å²) in [5, 5.41) is 6.74. The van der Waals surface area contributed by atoms with Crippen molar-refractivity contribution in [2.45, 2.75) is 0 Å². The maximum Gasteiger partial charge on any atom is 0.206 e. The number of hydrogen-bond acceptors (Lipinski definition) is 4. The van der Waals surface area contributed by atoms with Crippen LogP contribution in [0.25, 0.3) is 11.3 Å². The van der Waals surface area contributed by atoms with E-state index in [9.17, 15) is 4.39 Å². The molecule has 0 amide bonds. The zero-order chi connectivity index (χ0) is 18.4. The first-order valence-corrected chi connectivity index (χ1v) is 9.20. The second-order valence-electron chi connectivity index (χ2n) is 5.34. The molecule has 0 aliphatic heterocycles. The van der Waals surface area contributed by atoms with Gasteiger partial charge in [0, 0.05) is 23.6 Å². The molecule has 0 atom stereocenters. The Kier molecular flexibility index (Phi) is 6.33. The smallest absolute Gasteiger partial charge is 0.206 e. The molecule has 0 unspecified atom stereocenters. The van der Waals surface area contributed by atoms with E-state index < -0.39 is 5.82 Å². The molecule has 26 heavy (non-hydrogen) atoms. The van der Waals surface area contributed by atoms with Gasteiger partial charge in [-0.15, -0.1) is 11.3 Å². The molecular formula is C19H17ClFN3OS. The quantitative estimate of drug-likeness (QED) is 0.453. The molecule has 0 saturated carbocycles. The van der Waals surface area contributed by atoms with Crippen molar-refractivity contribution in [2.24, 2.45) is 10.1 Å². The van der Waals surface area contributed by atoms with Crippen molar-refractivity contribution < 1.29 is 9.13 Å². The summed E-state index contributed by atoms with van der Waals surface area (Å²) < 4.78 is 20.8. The van der Waals surface area contributed by atoms with Crippen LogP contribution in [0, 0.1) is 5.82 Å². The van der Waals surface area contributed by atoms with Gasteiger partial charge < -0.3 is 4.74 Å². The molecule has 134 valence electrons. The lowest BCUT2D eigenvalue weighted by molar-refractivity contribution is 0.207. The molecule has 0 saturated heterocycles.